The number of fused-ring (bicyclic) bond motifs is 6. The summed E-state index contributed by atoms with van der Waals surface area (Å²) in [4.78, 5) is 4.33. The van der Waals surface area contributed by atoms with Gasteiger partial charge in [0.05, 0.1) is 0 Å². The smallest absolute Gasteiger partial charge is 0.123 e. The van der Waals surface area contributed by atoms with Crippen molar-refractivity contribution in [3.8, 4) is 0 Å². The third-order valence-corrected chi connectivity index (χ3v) is 11.3. The van der Waals surface area contributed by atoms with Crippen molar-refractivity contribution in [1.29, 1.82) is 0 Å². The van der Waals surface area contributed by atoms with E-state index in [1.165, 1.54) is 54.5 Å². The fourth-order valence-electron chi connectivity index (χ4n) is 6.62. The van der Waals surface area contributed by atoms with E-state index in [-0.39, 0.29) is 11.2 Å². The van der Waals surface area contributed by atoms with Crippen molar-refractivity contribution in [3.05, 3.63) is 116 Å². The van der Waals surface area contributed by atoms with E-state index >= 15 is 0 Å². The summed E-state index contributed by atoms with van der Waals surface area (Å²) >= 11 is 3.92. The van der Waals surface area contributed by atoms with Gasteiger partial charge < -0.3 is 0 Å². The van der Waals surface area contributed by atoms with Gasteiger partial charge in [0, 0.05) is 25.8 Å². The second kappa shape index (κ2) is 8.99. The van der Waals surface area contributed by atoms with Crippen LogP contribution in [0.3, 0.4) is 0 Å². The number of hydrogen-bond acceptors (Lipinski definition) is 2. The van der Waals surface area contributed by atoms with Gasteiger partial charge in [0.25, 0.3) is 0 Å². The highest BCUT2D eigenvalue weighted by Gasteiger charge is 2.36. The largest absolute Gasteiger partial charge is 0.207 e. The Kier molecular flexibility index (Phi) is 5.71. The van der Waals surface area contributed by atoms with Crippen LogP contribution in [0.15, 0.2) is 77.7 Å². The Labute approximate surface area is 227 Å². The lowest BCUT2D eigenvalue weighted by atomic mass is 9.70. The Bertz CT molecular complexity index is 1500. The normalized spacial score (nSPS) is 26.9. The van der Waals surface area contributed by atoms with Gasteiger partial charge in [-0.1, -0.05) is 68.5 Å². The van der Waals surface area contributed by atoms with Crippen molar-refractivity contribution in [2.75, 3.05) is 0 Å². The molecule has 3 aliphatic carbocycles. The van der Waals surface area contributed by atoms with Crippen molar-refractivity contribution >= 4 is 40.8 Å². The fraction of sp³-hybridized carbons (Fsp3) is 0.294. The van der Waals surface area contributed by atoms with E-state index in [4.69, 9.17) is 0 Å². The zero-order chi connectivity index (χ0) is 25.1. The van der Waals surface area contributed by atoms with Gasteiger partial charge in [-0.25, -0.2) is 4.39 Å². The van der Waals surface area contributed by atoms with Crippen LogP contribution >= 0.6 is 23.1 Å². The molecule has 2 heterocycles. The third kappa shape index (κ3) is 4.11. The molecule has 37 heavy (non-hydrogen) atoms. The molecule has 7 rings (SSSR count). The van der Waals surface area contributed by atoms with Gasteiger partial charge in [-0.3, -0.25) is 0 Å². The van der Waals surface area contributed by atoms with Gasteiger partial charge in [-0.15, -0.1) is 23.1 Å². The molecule has 3 heteroatoms. The summed E-state index contributed by atoms with van der Waals surface area (Å²) in [6, 6.07) is 14.2. The first-order chi connectivity index (χ1) is 18.0. The number of thioether (sulfide) groups is 1. The summed E-state index contributed by atoms with van der Waals surface area (Å²) in [5.41, 5.74) is 8.86. The average molecular weight is 523 g/mol. The van der Waals surface area contributed by atoms with Crippen molar-refractivity contribution in [3.63, 3.8) is 0 Å². The number of rotatable bonds is 4. The lowest BCUT2D eigenvalue weighted by Gasteiger charge is -2.34. The lowest BCUT2D eigenvalue weighted by Crippen LogP contribution is -2.19. The molecule has 0 amide bonds. The lowest BCUT2D eigenvalue weighted by molar-refractivity contribution is 0.395. The quantitative estimate of drug-likeness (QED) is 0.328. The number of aryl methyl sites for hydroxylation is 1. The summed E-state index contributed by atoms with van der Waals surface area (Å²) in [5, 5.41) is 0.365. The maximum Gasteiger partial charge on any atom is 0.123 e. The van der Waals surface area contributed by atoms with Crippen LogP contribution in [0.25, 0.3) is 17.7 Å². The van der Waals surface area contributed by atoms with E-state index in [1.54, 1.807) is 12.1 Å². The van der Waals surface area contributed by atoms with E-state index in [2.05, 4.69) is 74.6 Å². The number of halogens is 1. The summed E-state index contributed by atoms with van der Waals surface area (Å²) in [6.45, 7) is 4.80. The molecule has 0 nitrogen and oxygen atoms in total. The zero-order valence-electron chi connectivity index (χ0n) is 21.3. The van der Waals surface area contributed by atoms with Gasteiger partial charge in [0.2, 0.25) is 0 Å². The molecule has 0 saturated carbocycles. The molecule has 3 aromatic rings. The Balaban J connectivity index is 1.18. The summed E-state index contributed by atoms with van der Waals surface area (Å²) in [5.74, 6) is 0.709. The molecule has 0 radical (unpaired) electrons. The molecule has 0 spiro atoms. The first kappa shape index (κ1) is 23.5. The van der Waals surface area contributed by atoms with Crippen molar-refractivity contribution in [2.45, 2.75) is 55.6 Å². The van der Waals surface area contributed by atoms with Gasteiger partial charge in [0.1, 0.15) is 5.82 Å². The molecule has 0 N–H and O–H groups in total. The van der Waals surface area contributed by atoms with Crippen LogP contribution in [0.4, 0.5) is 4.39 Å². The molecule has 2 aromatic carbocycles. The maximum atomic E-state index is 13.5. The topological polar surface area (TPSA) is 0 Å². The van der Waals surface area contributed by atoms with E-state index in [0.717, 1.165) is 19.3 Å². The van der Waals surface area contributed by atoms with Gasteiger partial charge in [-0.2, -0.15) is 0 Å². The number of benzene rings is 2. The van der Waals surface area contributed by atoms with E-state index < -0.39 is 0 Å². The van der Waals surface area contributed by atoms with Crippen LogP contribution in [0, 0.1) is 17.2 Å². The monoisotopic (exact) mass is 522 g/mol. The third-order valence-electron chi connectivity index (χ3n) is 8.76. The SMILES string of the molecule is CC1c2c(ccc3c2CC(c2ccc(F)cc2)S3)C=C2c3cc(CCC4(C)C=CC=CC4)sc3C=CC21. The summed E-state index contributed by atoms with van der Waals surface area (Å²) in [7, 11) is 0. The van der Waals surface area contributed by atoms with Gasteiger partial charge in [0.15, 0.2) is 0 Å². The molecule has 0 fully saturated rings. The molecule has 186 valence electrons. The highest BCUT2D eigenvalue weighted by Crippen LogP contribution is 2.55. The molecule has 1 aromatic heterocycles. The Morgan fingerprint density at radius 3 is 2.76 bits per heavy atom. The Hall–Kier alpha value is -2.62. The molecule has 4 atom stereocenters. The van der Waals surface area contributed by atoms with E-state index in [9.17, 15) is 4.39 Å². The second-order valence-electron chi connectivity index (χ2n) is 11.3. The van der Waals surface area contributed by atoms with Crippen LogP contribution in [-0.2, 0) is 12.8 Å². The van der Waals surface area contributed by atoms with Crippen LogP contribution in [0.2, 0.25) is 0 Å². The van der Waals surface area contributed by atoms with Crippen LogP contribution in [-0.4, -0.2) is 0 Å². The molecule has 1 aliphatic heterocycles. The number of thiophene rings is 1. The minimum Gasteiger partial charge on any atom is -0.207 e. The highest BCUT2D eigenvalue weighted by atomic mass is 32.2. The molecule has 4 unspecified atom stereocenters. The number of hydrogen-bond donors (Lipinski definition) is 0. The Morgan fingerprint density at radius 2 is 1.95 bits per heavy atom. The molecule has 4 aliphatic rings. The summed E-state index contributed by atoms with van der Waals surface area (Å²) in [6.07, 6.45) is 20.9. The van der Waals surface area contributed by atoms with E-state index in [1.807, 2.05) is 35.2 Å². The standard InChI is InChI=1S/C34H31FS2/c1-21-26-11-13-30-28(19-25(36-30)14-17-34(2)15-4-3-5-16-34)27(26)18-23-8-12-31-29(33(21)23)20-32(37-31)22-6-9-24(35)10-7-22/h3-13,15,18-19,21,26,32H,14,16-17,20H2,1-2H3. The first-order valence-corrected chi connectivity index (χ1v) is 15.1. The Morgan fingerprint density at radius 1 is 1.08 bits per heavy atom. The number of allylic oxidation sites excluding steroid dienone is 6. The molecular weight excluding hydrogens is 492 g/mol. The van der Waals surface area contributed by atoms with Crippen molar-refractivity contribution < 1.29 is 4.39 Å². The molecular formula is C34H31FS2. The minimum atomic E-state index is -0.162. The van der Waals surface area contributed by atoms with Gasteiger partial charge in [-0.05, 0) is 101 Å². The highest BCUT2D eigenvalue weighted by molar-refractivity contribution is 7.99. The fourth-order valence-corrected chi connectivity index (χ4v) is 9.05. The van der Waals surface area contributed by atoms with Gasteiger partial charge >= 0.3 is 0 Å². The van der Waals surface area contributed by atoms with Crippen LogP contribution in [0.1, 0.15) is 75.4 Å². The maximum absolute atomic E-state index is 13.5. The van der Waals surface area contributed by atoms with Crippen LogP contribution in [0.5, 0.6) is 0 Å². The predicted molar refractivity (Wildman–Crippen MR) is 158 cm³/mol. The first-order valence-electron chi connectivity index (χ1n) is 13.4. The minimum absolute atomic E-state index is 0.162. The molecule has 0 bridgehead atoms. The second-order valence-corrected chi connectivity index (χ2v) is 13.7. The average Bonchev–Trinajstić information content (AvgIpc) is 3.53. The van der Waals surface area contributed by atoms with Crippen molar-refractivity contribution in [2.24, 2.45) is 11.3 Å². The van der Waals surface area contributed by atoms with Crippen molar-refractivity contribution in [1.82, 2.24) is 0 Å². The summed E-state index contributed by atoms with van der Waals surface area (Å²) < 4.78 is 13.5. The molecule has 0 saturated heterocycles. The van der Waals surface area contributed by atoms with Crippen LogP contribution < -0.4 is 0 Å². The van der Waals surface area contributed by atoms with E-state index in [0.29, 0.717) is 17.1 Å². The zero-order valence-corrected chi connectivity index (χ0v) is 23.0. The predicted octanol–water partition coefficient (Wildman–Crippen LogP) is 10.0.